The molecule has 2 nitrogen and oxygen atoms in total. The van der Waals surface area contributed by atoms with Crippen molar-refractivity contribution in [2.75, 3.05) is 5.73 Å². The van der Waals surface area contributed by atoms with Crippen LogP contribution in [0.5, 0.6) is 0 Å². The highest BCUT2D eigenvalue weighted by atomic mass is 19.4. The van der Waals surface area contributed by atoms with Crippen molar-refractivity contribution in [1.82, 2.24) is 4.98 Å². The van der Waals surface area contributed by atoms with Crippen LogP contribution in [-0.4, -0.2) is 4.98 Å². The number of halogens is 5. The first-order valence-electron chi connectivity index (χ1n) is 5.07. The van der Waals surface area contributed by atoms with Crippen LogP contribution < -0.4 is 5.73 Å². The summed E-state index contributed by atoms with van der Waals surface area (Å²) in [6, 6.07) is 4.09. The van der Waals surface area contributed by atoms with Crippen LogP contribution in [0.25, 0.3) is 11.3 Å². The van der Waals surface area contributed by atoms with Crippen molar-refractivity contribution in [1.29, 1.82) is 0 Å². The SMILES string of the molecule is Nc1cc(C(F)(F)F)cc(-c2ccc(F)c(F)c2)n1. The minimum atomic E-state index is -4.59. The van der Waals surface area contributed by atoms with Crippen molar-refractivity contribution in [3.63, 3.8) is 0 Å². The van der Waals surface area contributed by atoms with Crippen molar-refractivity contribution in [2.45, 2.75) is 6.18 Å². The minimum absolute atomic E-state index is 0.0108. The minimum Gasteiger partial charge on any atom is -0.384 e. The molecule has 100 valence electrons. The second-order valence-electron chi connectivity index (χ2n) is 3.79. The third-order valence-corrected chi connectivity index (χ3v) is 2.39. The van der Waals surface area contributed by atoms with Crippen LogP contribution in [0.3, 0.4) is 0 Å². The highest BCUT2D eigenvalue weighted by Crippen LogP contribution is 2.32. The molecule has 7 heteroatoms. The normalized spacial score (nSPS) is 11.6. The highest BCUT2D eigenvalue weighted by Gasteiger charge is 2.31. The van der Waals surface area contributed by atoms with Gasteiger partial charge in [-0.05, 0) is 30.3 Å². The number of nitrogens with two attached hydrogens (primary N) is 1. The summed E-state index contributed by atoms with van der Waals surface area (Å²) >= 11 is 0. The Labute approximate surface area is 104 Å². The molecule has 1 heterocycles. The van der Waals surface area contributed by atoms with E-state index in [1.807, 2.05) is 0 Å². The molecule has 0 fully saturated rings. The van der Waals surface area contributed by atoms with Gasteiger partial charge in [0.25, 0.3) is 0 Å². The summed E-state index contributed by atoms with van der Waals surface area (Å²) in [7, 11) is 0. The first-order chi connectivity index (χ1) is 8.77. The van der Waals surface area contributed by atoms with Crippen LogP contribution >= 0.6 is 0 Å². The van der Waals surface area contributed by atoms with E-state index < -0.39 is 23.4 Å². The molecule has 0 atom stereocenters. The van der Waals surface area contributed by atoms with E-state index in [2.05, 4.69) is 4.98 Å². The lowest BCUT2D eigenvalue weighted by atomic mass is 10.1. The van der Waals surface area contributed by atoms with Gasteiger partial charge in [-0.1, -0.05) is 0 Å². The second kappa shape index (κ2) is 4.49. The maximum atomic E-state index is 13.0. The zero-order valence-corrected chi connectivity index (χ0v) is 9.30. The Morgan fingerprint density at radius 3 is 2.21 bits per heavy atom. The van der Waals surface area contributed by atoms with E-state index >= 15 is 0 Å². The third kappa shape index (κ3) is 2.81. The Morgan fingerprint density at radius 1 is 0.947 bits per heavy atom. The van der Waals surface area contributed by atoms with Gasteiger partial charge in [-0.15, -0.1) is 0 Å². The van der Waals surface area contributed by atoms with Crippen LogP contribution in [0.1, 0.15) is 5.56 Å². The van der Waals surface area contributed by atoms with Crippen molar-refractivity contribution in [3.05, 3.63) is 47.5 Å². The summed E-state index contributed by atoms with van der Waals surface area (Å²) in [6.45, 7) is 0. The van der Waals surface area contributed by atoms with Gasteiger partial charge in [0.2, 0.25) is 0 Å². The van der Waals surface area contributed by atoms with Crippen LogP contribution in [0.4, 0.5) is 27.8 Å². The maximum Gasteiger partial charge on any atom is 0.416 e. The zero-order chi connectivity index (χ0) is 14.2. The quantitative estimate of drug-likeness (QED) is 0.806. The zero-order valence-electron chi connectivity index (χ0n) is 9.30. The molecule has 0 spiro atoms. The molecule has 0 saturated carbocycles. The fraction of sp³-hybridized carbons (Fsp3) is 0.0833. The molecule has 2 N–H and O–H groups in total. The fourth-order valence-corrected chi connectivity index (χ4v) is 1.52. The van der Waals surface area contributed by atoms with E-state index in [-0.39, 0.29) is 17.1 Å². The first-order valence-corrected chi connectivity index (χ1v) is 5.07. The summed E-state index contributed by atoms with van der Waals surface area (Å²) in [5, 5.41) is 0. The topological polar surface area (TPSA) is 38.9 Å². The molecular formula is C12H7F5N2. The molecule has 1 aromatic carbocycles. The molecule has 0 radical (unpaired) electrons. The average molecular weight is 274 g/mol. The Kier molecular flexibility index (Phi) is 3.13. The van der Waals surface area contributed by atoms with Gasteiger partial charge in [-0.25, -0.2) is 13.8 Å². The molecular weight excluding hydrogens is 267 g/mol. The number of hydrogen-bond acceptors (Lipinski definition) is 2. The second-order valence-corrected chi connectivity index (χ2v) is 3.79. The van der Waals surface area contributed by atoms with Crippen molar-refractivity contribution < 1.29 is 22.0 Å². The standard InChI is InChI=1S/C12H7F5N2/c13-8-2-1-6(3-9(8)14)10-4-7(12(15,16)17)5-11(18)19-10/h1-5H,(H2,18,19). The Balaban J connectivity index is 2.56. The summed E-state index contributed by atoms with van der Waals surface area (Å²) < 4.78 is 63.6. The molecule has 0 amide bonds. The molecule has 2 rings (SSSR count). The third-order valence-electron chi connectivity index (χ3n) is 2.39. The maximum absolute atomic E-state index is 13.0. The molecule has 0 unspecified atom stereocenters. The number of pyridine rings is 1. The number of hydrogen-bond donors (Lipinski definition) is 1. The highest BCUT2D eigenvalue weighted by molar-refractivity contribution is 5.62. The summed E-state index contributed by atoms with van der Waals surface area (Å²) in [5.74, 6) is -2.62. The lowest BCUT2D eigenvalue weighted by Gasteiger charge is -2.10. The van der Waals surface area contributed by atoms with Crippen LogP contribution in [0, 0.1) is 11.6 Å². The van der Waals surface area contributed by atoms with Gasteiger partial charge < -0.3 is 5.73 Å². The molecule has 0 saturated heterocycles. The lowest BCUT2D eigenvalue weighted by molar-refractivity contribution is -0.137. The van der Waals surface area contributed by atoms with Crippen LogP contribution in [0.15, 0.2) is 30.3 Å². The van der Waals surface area contributed by atoms with Gasteiger partial charge in [-0.2, -0.15) is 13.2 Å². The first kappa shape index (κ1) is 13.3. The van der Waals surface area contributed by atoms with Gasteiger partial charge in [0.1, 0.15) is 5.82 Å². The van der Waals surface area contributed by atoms with Gasteiger partial charge in [0, 0.05) is 5.56 Å². The van der Waals surface area contributed by atoms with Gasteiger partial charge in [0.15, 0.2) is 11.6 Å². The summed E-state index contributed by atoms with van der Waals surface area (Å²) in [6.07, 6.45) is -4.59. The van der Waals surface area contributed by atoms with Gasteiger partial charge in [0.05, 0.1) is 11.3 Å². The lowest BCUT2D eigenvalue weighted by Crippen LogP contribution is -2.07. The van der Waals surface area contributed by atoms with Crippen molar-refractivity contribution >= 4 is 5.82 Å². The predicted molar refractivity (Wildman–Crippen MR) is 59.0 cm³/mol. The summed E-state index contributed by atoms with van der Waals surface area (Å²) in [5.41, 5.74) is 4.12. The molecule has 19 heavy (non-hydrogen) atoms. The monoisotopic (exact) mass is 274 g/mol. The van der Waals surface area contributed by atoms with Gasteiger partial charge in [-0.3, -0.25) is 0 Å². The molecule has 0 aliphatic carbocycles. The van der Waals surface area contributed by atoms with E-state index in [1.54, 1.807) is 0 Å². The van der Waals surface area contributed by atoms with Gasteiger partial charge >= 0.3 is 6.18 Å². The number of nitrogens with zero attached hydrogens (tertiary/aromatic N) is 1. The molecule has 0 aliphatic heterocycles. The number of aromatic nitrogens is 1. The van der Waals surface area contributed by atoms with Crippen LogP contribution in [-0.2, 0) is 6.18 Å². The van der Waals surface area contributed by atoms with E-state index in [9.17, 15) is 22.0 Å². The number of rotatable bonds is 1. The Hall–Kier alpha value is -2.18. The largest absolute Gasteiger partial charge is 0.416 e. The fourth-order valence-electron chi connectivity index (χ4n) is 1.52. The number of benzene rings is 1. The molecule has 2 aromatic rings. The van der Waals surface area contributed by atoms with E-state index in [1.165, 1.54) is 0 Å². The van der Waals surface area contributed by atoms with Crippen molar-refractivity contribution in [2.24, 2.45) is 0 Å². The Morgan fingerprint density at radius 2 is 1.63 bits per heavy atom. The van der Waals surface area contributed by atoms with Crippen LogP contribution in [0.2, 0.25) is 0 Å². The Bertz CT molecular complexity index is 622. The number of anilines is 1. The van der Waals surface area contributed by atoms with Crippen molar-refractivity contribution in [3.8, 4) is 11.3 Å². The molecule has 1 aromatic heterocycles. The van der Waals surface area contributed by atoms with E-state index in [0.717, 1.165) is 24.3 Å². The van der Waals surface area contributed by atoms with E-state index in [0.29, 0.717) is 6.07 Å². The molecule has 0 bridgehead atoms. The molecule has 0 aliphatic rings. The average Bonchev–Trinajstić information content (AvgIpc) is 2.31. The number of nitrogen functional groups attached to an aromatic ring is 1. The van der Waals surface area contributed by atoms with E-state index in [4.69, 9.17) is 5.73 Å². The number of alkyl halides is 3. The smallest absolute Gasteiger partial charge is 0.384 e. The predicted octanol–water partition coefficient (Wildman–Crippen LogP) is 3.63. The summed E-state index contributed by atoms with van der Waals surface area (Å²) in [4.78, 5) is 3.68.